The Bertz CT molecular complexity index is 891. The summed E-state index contributed by atoms with van der Waals surface area (Å²) in [5.41, 5.74) is 2.79. The van der Waals surface area contributed by atoms with E-state index in [4.69, 9.17) is 9.47 Å². The number of halogens is 1. The number of esters is 1. The van der Waals surface area contributed by atoms with Gasteiger partial charge in [0.15, 0.2) is 0 Å². The van der Waals surface area contributed by atoms with E-state index in [1.54, 1.807) is 35.2 Å². The fraction of sp³-hybridized carbons (Fsp3) is 0.364. The Balaban J connectivity index is 1.68. The van der Waals surface area contributed by atoms with Crippen molar-refractivity contribution in [1.29, 1.82) is 0 Å². The third kappa shape index (κ3) is 5.38. The molecular weight excluding hydrogens is 407 g/mol. The number of benzene rings is 2. The van der Waals surface area contributed by atoms with E-state index >= 15 is 0 Å². The fourth-order valence-corrected chi connectivity index (χ4v) is 4.33. The first kappa shape index (κ1) is 22.3. The third-order valence-corrected chi connectivity index (χ3v) is 5.88. The minimum absolute atomic E-state index is 0.0218. The summed E-state index contributed by atoms with van der Waals surface area (Å²) in [4.78, 5) is 26.6. The van der Waals surface area contributed by atoms with Gasteiger partial charge in [-0.2, -0.15) is 0 Å². The van der Waals surface area contributed by atoms with Crippen LogP contribution in [0.5, 0.6) is 0 Å². The first-order valence-electron chi connectivity index (χ1n) is 9.70. The van der Waals surface area contributed by atoms with E-state index in [2.05, 4.69) is 5.32 Å². The van der Waals surface area contributed by atoms with Crippen LogP contribution in [-0.4, -0.2) is 51.0 Å². The lowest BCUT2D eigenvalue weighted by Gasteiger charge is -2.26. The minimum atomic E-state index is -0.431. The Hall–Kier alpha value is -2.42. The van der Waals surface area contributed by atoms with Gasteiger partial charge in [0.2, 0.25) is 5.91 Å². The normalized spacial score (nSPS) is 16.2. The molecule has 0 aliphatic carbocycles. The van der Waals surface area contributed by atoms with Gasteiger partial charge in [-0.3, -0.25) is 9.69 Å². The zero-order valence-electron chi connectivity index (χ0n) is 17.0. The molecule has 1 aliphatic heterocycles. The number of carbonyl (C=O) groups is 2. The van der Waals surface area contributed by atoms with Crippen LogP contribution in [0.4, 0.5) is 10.1 Å². The van der Waals surface area contributed by atoms with Crippen molar-refractivity contribution in [3.05, 3.63) is 65.0 Å². The lowest BCUT2D eigenvalue weighted by atomic mass is 10.1. The highest BCUT2D eigenvalue weighted by Crippen LogP contribution is 2.42. The topological polar surface area (TPSA) is 67.9 Å². The molecule has 1 atom stereocenters. The molecule has 30 heavy (non-hydrogen) atoms. The average Bonchev–Trinajstić information content (AvgIpc) is 3.12. The molecule has 6 nitrogen and oxygen atoms in total. The van der Waals surface area contributed by atoms with E-state index in [1.165, 1.54) is 23.9 Å². The van der Waals surface area contributed by atoms with Crippen molar-refractivity contribution in [1.82, 2.24) is 5.32 Å². The van der Waals surface area contributed by atoms with Crippen molar-refractivity contribution >= 4 is 29.3 Å². The SMILES string of the molecule is CNCCOCCOC(=O)c1ccc(N2C(=O)CSC2c2ccc(F)cc2)c(C)c1. The van der Waals surface area contributed by atoms with Gasteiger partial charge in [-0.15, -0.1) is 11.8 Å². The predicted molar refractivity (Wildman–Crippen MR) is 115 cm³/mol. The number of nitrogens with zero attached hydrogens (tertiary/aromatic N) is 1. The summed E-state index contributed by atoms with van der Waals surface area (Å²) in [6.45, 7) is 3.66. The molecule has 1 saturated heterocycles. The van der Waals surface area contributed by atoms with Crippen molar-refractivity contribution in [3.8, 4) is 0 Å². The van der Waals surface area contributed by atoms with Crippen LogP contribution in [0.25, 0.3) is 0 Å². The molecule has 2 aromatic rings. The molecule has 0 spiro atoms. The zero-order chi connectivity index (χ0) is 21.5. The maximum atomic E-state index is 13.3. The summed E-state index contributed by atoms with van der Waals surface area (Å²) in [6.07, 6.45) is 0. The van der Waals surface area contributed by atoms with Gasteiger partial charge in [-0.25, -0.2) is 9.18 Å². The van der Waals surface area contributed by atoms with E-state index in [9.17, 15) is 14.0 Å². The molecule has 8 heteroatoms. The van der Waals surface area contributed by atoms with Crippen molar-refractivity contribution in [2.75, 3.05) is 44.1 Å². The quantitative estimate of drug-likeness (QED) is 0.484. The van der Waals surface area contributed by atoms with Crippen molar-refractivity contribution in [3.63, 3.8) is 0 Å². The van der Waals surface area contributed by atoms with Gasteiger partial charge in [0.05, 0.1) is 24.5 Å². The molecule has 0 aromatic heterocycles. The number of hydrogen-bond acceptors (Lipinski definition) is 6. The summed E-state index contributed by atoms with van der Waals surface area (Å²) in [6, 6.07) is 11.3. The summed E-state index contributed by atoms with van der Waals surface area (Å²) in [5, 5.41) is 2.74. The van der Waals surface area contributed by atoms with E-state index in [0.717, 1.165) is 23.4 Å². The molecule has 0 radical (unpaired) electrons. The van der Waals surface area contributed by atoms with Crippen LogP contribution >= 0.6 is 11.8 Å². The largest absolute Gasteiger partial charge is 0.460 e. The van der Waals surface area contributed by atoms with Crippen LogP contribution in [0, 0.1) is 12.7 Å². The van der Waals surface area contributed by atoms with Crippen LogP contribution in [0.2, 0.25) is 0 Å². The van der Waals surface area contributed by atoms with E-state index in [1.807, 2.05) is 14.0 Å². The van der Waals surface area contributed by atoms with Gasteiger partial charge in [-0.05, 0) is 55.4 Å². The van der Waals surface area contributed by atoms with Crippen molar-refractivity contribution in [2.24, 2.45) is 0 Å². The lowest BCUT2D eigenvalue weighted by molar-refractivity contribution is -0.115. The molecule has 2 aromatic carbocycles. The highest BCUT2D eigenvalue weighted by atomic mass is 32.2. The van der Waals surface area contributed by atoms with Crippen LogP contribution in [-0.2, 0) is 14.3 Å². The molecular formula is C22H25FN2O4S. The first-order chi connectivity index (χ1) is 14.5. The second-order valence-corrected chi connectivity index (χ2v) is 7.90. The van der Waals surface area contributed by atoms with E-state index in [0.29, 0.717) is 24.5 Å². The smallest absolute Gasteiger partial charge is 0.338 e. The number of likely N-dealkylation sites (N-methyl/N-ethyl adjacent to an activating group) is 1. The van der Waals surface area contributed by atoms with Gasteiger partial charge in [0.1, 0.15) is 17.8 Å². The molecule has 1 amide bonds. The first-order valence-corrected chi connectivity index (χ1v) is 10.8. The number of thioether (sulfide) groups is 1. The summed E-state index contributed by atoms with van der Waals surface area (Å²) < 4.78 is 23.9. The van der Waals surface area contributed by atoms with Gasteiger partial charge in [-0.1, -0.05) is 12.1 Å². The Kier molecular flexibility index (Phi) is 7.84. The number of amides is 1. The summed E-state index contributed by atoms with van der Waals surface area (Å²) >= 11 is 1.49. The zero-order valence-corrected chi connectivity index (χ0v) is 17.8. The Morgan fingerprint density at radius 1 is 1.20 bits per heavy atom. The number of rotatable bonds is 9. The molecule has 1 heterocycles. The monoisotopic (exact) mass is 432 g/mol. The number of carbonyl (C=O) groups excluding carboxylic acids is 2. The summed E-state index contributed by atoms with van der Waals surface area (Å²) in [5.74, 6) is -0.421. The second-order valence-electron chi connectivity index (χ2n) is 6.83. The minimum Gasteiger partial charge on any atom is -0.460 e. The van der Waals surface area contributed by atoms with E-state index in [-0.39, 0.29) is 23.7 Å². The molecule has 1 unspecified atom stereocenters. The molecule has 160 valence electrons. The Morgan fingerprint density at radius 3 is 2.67 bits per heavy atom. The average molecular weight is 433 g/mol. The maximum absolute atomic E-state index is 13.3. The molecule has 1 fully saturated rings. The highest BCUT2D eigenvalue weighted by molar-refractivity contribution is 8.00. The molecule has 0 saturated carbocycles. The van der Waals surface area contributed by atoms with Crippen LogP contribution < -0.4 is 10.2 Å². The Morgan fingerprint density at radius 2 is 1.97 bits per heavy atom. The van der Waals surface area contributed by atoms with Gasteiger partial charge < -0.3 is 14.8 Å². The van der Waals surface area contributed by atoms with Crippen LogP contribution in [0.3, 0.4) is 0 Å². The number of ether oxygens (including phenoxy) is 2. The highest BCUT2D eigenvalue weighted by Gasteiger charge is 2.35. The van der Waals surface area contributed by atoms with Gasteiger partial charge in [0.25, 0.3) is 0 Å². The number of anilines is 1. The standard InChI is InChI=1S/C22H25FN2O4S/c1-15-13-17(22(27)29-12-11-28-10-9-24-2)5-8-19(15)25-20(26)14-30-21(25)16-3-6-18(23)7-4-16/h3-8,13,21,24H,9-12,14H2,1-2H3. The fourth-order valence-electron chi connectivity index (χ4n) is 3.16. The molecule has 1 aliphatic rings. The van der Waals surface area contributed by atoms with Crippen molar-refractivity contribution in [2.45, 2.75) is 12.3 Å². The predicted octanol–water partition coefficient (Wildman–Crippen LogP) is 3.31. The molecule has 1 N–H and O–H groups in total. The number of hydrogen-bond donors (Lipinski definition) is 1. The van der Waals surface area contributed by atoms with Crippen LogP contribution in [0.15, 0.2) is 42.5 Å². The second kappa shape index (κ2) is 10.6. The lowest BCUT2D eigenvalue weighted by Crippen LogP contribution is -2.28. The third-order valence-electron chi connectivity index (χ3n) is 4.67. The van der Waals surface area contributed by atoms with Gasteiger partial charge in [0, 0.05) is 12.2 Å². The number of aryl methyl sites for hydroxylation is 1. The van der Waals surface area contributed by atoms with Crippen LogP contribution in [0.1, 0.15) is 26.9 Å². The van der Waals surface area contributed by atoms with Gasteiger partial charge >= 0.3 is 5.97 Å². The molecule has 3 rings (SSSR count). The Labute approximate surface area is 179 Å². The van der Waals surface area contributed by atoms with E-state index < -0.39 is 5.97 Å². The van der Waals surface area contributed by atoms with Crippen molar-refractivity contribution < 1.29 is 23.5 Å². The molecule has 0 bridgehead atoms. The number of nitrogens with one attached hydrogen (secondary N) is 1. The maximum Gasteiger partial charge on any atom is 0.338 e. The summed E-state index contributed by atoms with van der Waals surface area (Å²) in [7, 11) is 1.84.